The van der Waals surface area contributed by atoms with Crippen LogP contribution in [-0.4, -0.2) is 68.1 Å². The van der Waals surface area contributed by atoms with Crippen LogP contribution < -0.4 is 4.72 Å². The largest absolute Gasteiger partial charge is 0.339 e. The van der Waals surface area contributed by atoms with Crippen molar-refractivity contribution in [1.29, 1.82) is 0 Å². The standard InChI is InChI=1S/C16H31N3O3S/c1-3-12-23(21,22)17-15-7-10-18(11-8-15)13-16(20)19-9-5-4-6-14(19)2/h14-15,17H,3-13H2,1-2H3. The van der Waals surface area contributed by atoms with Gasteiger partial charge in [-0.1, -0.05) is 6.92 Å². The molecule has 1 N–H and O–H groups in total. The molecular weight excluding hydrogens is 314 g/mol. The van der Waals surface area contributed by atoms with E-state index in [0.717, 1.165) is 45.3 Å². The first-order valence-corrected chi connectivity index (χ1v) is 10.6. The first-order chi connectivity index (χ1) is 10.9. The molecule has 0 aromatic heterocycles. The summed E-state index contributed by atoms with van der Waals surface area (Å²) in [5.41, 5.74) is 0. The van der Waals surface area contributed by atoms with Crippen LogP contribution in [-0.2, 0) is 14.8 Å². The van der Waals surface area contributed by atoms with E-state index in [1.165, 1.54) is 6.42 Å². The maximum atomic E-state index is 12.4. The van der Waals surface area contributed by atoms with Gasteiger partial charge in [0, 0.05) is 31.7 Å². The predicted molar refractivity (Wildman–Crippen MR) is 91.7 cm³/mol. The Hall–Kier alpha value is -0.660. The lowest BCUT2D eigenvalue weighted by Crippen LogP contribution is -2.50. The zero-order valence-corrected chi connectivity index (χ0v) is 15.3. The van der Waals surface area contributed by atoms with Crippen LogP contribution in [0.25, 0.3) is 0 Å². The number of amides is 1. The first kappa shape index (κ1) is 18.7. The second-order valence-corrected chi connectivity index (χ2v) is 8.79. The molecule has 0 bridgehead atoms. The number of hydrogen-bond donors (Lipinski definition) is 1. The van der Waals surface area contributed by atoms with Crippen LogP contribution in [0, 0.1) is 0 Å². The van der Waals surface area contributed by atoms with Crippen molar-refractivity contribution in [2.75, 3.05) is 31.9 Å². The number of nitrogens with zero attached hydrogens (tertiary/aromatic N) is 2. The van der Waals surface area contributed by atoms with Crippen LogP contribution in [0.5, 0.6) is 0 Å². The Morgan fingerprint density at radius 1 is 1.13 bits per heavy atom. The Morgan fingerprint density at radius 3 is 2.43 bits per heavy atom. The van der Waals surface area contributed by atoms with Crippen LogP contribution >= 0.6 is 0 Å². The molecule has 2 aliphatic heterocycles. The van der Waals surface area contributed by atoms with Crippen LogP contribution in [0.4, 0.5) is 0 Å². The number of rotatable bonds is 6. The molecule has 1 amide bonds. The summed E-state index contributed by atoms with van der Waals surface area (Å²) in [6.07, 6.45) is 5.63. The van der Waals surface area contributed by atoms with E-state index in [-0.39, 0.29) is 17.7 Å². The van der Waals surface area contributed by atoms with E-state index in [0.29, 0.717) is 19.0 Å². The number of piperidine rings is 2. The minimum absolute atomic E-state index is 0.0202. The molecule has 0 aliphatic carbocycles. The fourth-order valence-electron chi connectivity index (χ4n) is 3.54. The number of carbonyl (C=O) groups excluding carboxylic acids is 1. The highest BCUT2D eigenvalue weighted by Gasteiger charge is 2.27. The molecule has 2 fully saturated rings. The summed E-state index contributed by atoms with van der Waals surface area (Å²) in [6.45, 7) is 6.92. The highest BCUT2D eigenvalue weighted by Crippen LogP contribution is 2.18. The number of carbonyl (C=O) groups is 1. The van der Waals surface area contributed by atoms with Gasteiger partial charge in [0.2, 0.25) is 15.9 Å². The van der Waals surface area contributed by atoms with Gasteiger partial charge in [0.1, 0.15) is 0 Å². The molecule has 0 saturated carbocycles. The second kappa shape index (κ2) is 8.44. The van der Waals surface area contributed by atoms with Crippen LogP contribution in [0.1, 0.15) is 52.4 Å². The van der Waals surface area contributed by atoms with Crippen molar-refractivity contribution in [1.82, 2.24) is 14.5 Å². The van der Waals surface area contributed by atoms with E-state index in [2.05, 4.69) is 16.5 Å². The van der Waals surface area contributed by atoms with E-state index in [4.69, 9.17) is 0 Å². The number of sulfonamides is 1. The molecule has 134 valence electrons. The molecular formula is C16H31N3O3S. The Balaban J connectivity index is 1.75. The minimum Gasteiger partial charge on any atom is -0.339 e. The zero-order valence-electron chi connectivity index (χ0n) is 14.5. The summed E-state index contributed by atoms with van der Waals surface area (Å²) >= 11 is 0. The van der Waals surface area contributed by atoms with Gasteiger partial charge in [-0.15, -0.1) is 0 Å². The molecule has 0 radical (unpaired) electrons. The lowest BCUT2D eigenvalue weighted by atomic mass is 10.0. The zero-order chi connectivity index (χ0) is 16.9. The monoisotopic (exact) mass is 345 g/mol. The molecule has 23 heavy (non-hydrogen) atoms. The van der Waals surface area contributed by atoms with Gasteiger partial charge in [-0.25, -0.2) is 13.1 Å². The summed E-state index contributed by atoms with van der Waals surface area (Å²) in [6, 6.07) is 0.376. The van der Waals surface area contributed by atoms with Crippen LogP contribution in [0.15, 0.2) is 0 Å². The lowest BCUT2D eigenvalue weighted by molar-refractivity contribution is -0.135. The summed E-state index contributed by atoms with van der Waals surface area (Å²) in [5, 5.41) is 0. The summed E-state index contributed by atoms with van der Waals surface area (Å²) in [4.78, 5) is 16.6. The highest BCUT2D eigenvalue weighted by molar-refractivity contribution is 7.89. The fraction of sp³-hybridized carbons (Fsp3) is 0.938. The van der Waals surface area contributed by atoms with Gasteiger partial charge in [0.25, 0.3) is 0 Å². The third kappa shape index (κ3) is 5.72. The first-order valence-electron chi connectivity index (χ1n) is 8.93. The minimum atomic E-state index is -3.14. The average molecular weight is 346 g/mol. The van der Waals surface area contributed by atoms with E-state index >= 15 is 0 Å². The third-order valence-corrected chi connectivity index (χ3v) is 6.53. The van der Waals surface area contributed by atoms with E-state index in [9.17, 15) is 13.2 Å². The third-order valence-electron chi connectivity index (χ3n) is 4.89. The normalized spacial score (nSPS) is 24.8. The van der Waals surface area contributed by atoms with Crippen molar-refractivity contribution in [2.45, 2.75) is 64.5 Å². The Kier molecular flexibility index (Phi) is 6.85. The van der Waals surface area contributed by atoms with Gasteiger partial charge in [0.05, 0.1) is 12.3 Å². The maximum absolute atomic E-state index is 12.4. The lowest BCUT2D eigenvalue weighted by Gasteiger charge is -2.37. The van der Waals surface area contributed by atoms with Crippen molar-refractivity contribution in [3.63, 3.8) is 0 Å². The molecule has 1 unspecified atom stereocenters. The molecule has 1 atom stereocenters. The smallest absolute Gasteiger partial charge is 0.236 e. The topological polar surface area (TPSA) is 69.7 Å². The van der Waals surface area contributed by atoms with E-state index < -0.39 is 10.0 Å². The van der Waals surface area contributed by atoms with Gasteiger partial charge >= 0.3 is 0 Å². The Bertz CT molecular complexity index is 487. The van der Waals surface area contributed by atoms with E-state index in [1.54, 1.807) is 0 Å². The SMILES string of the molecule is CCCS(=O)(=O)NC1CCN(CC(=O)N2CCCCC2C)CC1. The number of likely N-dealkylation sites (tertiary alicyclic amines) is 2. The van der Waals surface area contributed by atoms with Gasteiger partial charge < -0.3 is 4.90 Å². The Morgan fingerprint density at radius 2 is 1.83 bits per heavy atom. The van der Waals surface area contributed by atoms with Crippen molar-refractivity contribution >= 4 is 15.9 Å². The van der Waals surface area contributed by atoms with Crippen molar-refractivity contribution in [2.24, 2.45) is 0 Å². The van der Waals surface area contributed by atoms with Crippen LogP contribution in [0.3, 0.4) is 0 Å². The molecule has 0 spiro atoms. The molecule has 2 rings (SSSR count). The van der Waals surface area contributed by atoms with Gasteiger partial charge in [0.15, 0.2) is 0 Å². The number of hydrogen-bond acceptors (Lipinski definition) is 4. The fourth-order valence-corrected chi connectivity index (χ4v) is 4.94. The summed E-state index contributed by atoms with van der Waals surface area (Å²) < 4.78 is 26.4. The average Bonchev–Trinajstić information content (AvgIpc) is 2.49. The van der Waals surface area contributed by atoms with E-state index in [1.807, 2.05) is 11.8 Å². The molecule has 2 aliphatic rings. The maximum Gasteiger partial charge on any atom is 0.236 e. The van der Waals surface area contributed by atoms with Gasteiger partial charge in [-0.05, 0) is 45.4 Å². The summed E-state index contributed by atoms with van der Waals surface area (Å²) in [5.74, 6) is 0.417. The molecule has 0 aromatic rings. The molecule has 2 heterocycles. The molecule has 2 saturated heterocycles. The van der Waals surface area contributed by atoms with Gasteiger partial charge in [-0.2, -0.15) is 0 Å². The molecule has 7 heteroatoms. The van der Waals surface area contributed by atoms with Crippen LogP contribution in [0.2, 0.25) is 0 Å². The van der Waals surface area contributed by atoms with Gasteiger partial charge in [-0.3, -0.25) is 9.69 Å². The summed E-state index contributed by atoms with van der Waals surface area (Å²) in [7, 11) is -3.14. The van der Waals surface area contributed by atoms with Crippen molar-refractivity contribution in [3.05, 3.63) is 0 Å². The Labute approximate surface area is 140 Å². The molecule has 0 aromatic carbocycles. The predicted octanol–water partition coefficient (Wildman–Crippen LogP) is 1.18. The van der Waals surface area contributed by atoms with Crippen molar-refractivity contribution < 1.29 is 13.2 Å². The quantitative estimate of drug-likeness (QED) is 0.785. The number of nitrogens with one attached hydrogen (secondary N) is 1. The van der Waals surface area contributed by atoms with Crippen molar-refractivity contribution in [3.8, 4) is 0 Å². The highest BCUT2D eigenvalue weighted by atomic mass is 32.2. The second-order valence-electron chi connectivity index (χ2n) is 6.92. The molecule has 6 nitrogen and oxygen atoms in total.